The Morgan fingerprint density at radius 2 is 2.03 bits per heavy atom. The molecule has 0 saturated carbocycles. The van der Waals surface area contributed by atoms with Crippen LogP contribution in [0, 0.1) is 0 Å². The highest BCUT2D eigenvalue weighted by atomic mass is 32.1. The first-order chi connectivity index (χ1) is 15.7. The van der Waals surface area contributed by atoms with E-state index in [0.29, 0.717) is 11.7 Å². The maximum Gasteiger partial charge on any atom is 0.416 e. The zero-order chi connectivity index (χ0) is 23.8. The first kappa shape index (κ1) is 24.6. The summed E-state index contributed by atoms with van der Waals surface area (Å²) in [7, 11) is 0. The largest absolute Gasteiger partial charge is 0.416 e. The highest BCUT2D eigenvalue weighted by Gasteiger charge is 2.31. The zero-order valence-corrected chi connectivity index (χ0v) is 18.4. The molecule has 2 aromatic rings. The topological polar surface area (TPSA) is 101 Å². The van der Waals surface area contributed by atoms with E-state index in [1.165, 1.54) is 23.6 Å². The molecule has 1 saturated heterocycles. The number of carbonyl (C=O) groups is 3. The minimum atomic E-state index is -4.61. The van der Waals surface area contributed by atoms with Gasteiger partial charge in [-0.1, -0.05) is 6.07 Å². The summed E-state index contributed by atoms with van der Waals surface area (Å²) in [5, 5.41) is 7.23. The van der Waals surface area contributed by atoms with E-state index in [0.717, 1.165) is 35.9 Å². The normalized spacial score (nSPS) is 15.8. The van der Waals surface area contributed by atoms with E-state index >= 15 is 0 Å². The lowest BCUT2D eigenvalue weighted by molar-refractivity contribution is -0.137. The summed E-state index contributed by atoms with van der Waals surface area (Å²) in [6.45, 7) is 0.374. The summed E-state index contributed by atoms with van der Waals surface area (Å²) in [5.41, 5.74) is -1.03. The van der Waals surface area contributed by atoms with Gasteiger partial charge in [-0.05, 0) is 31.0 Å². The smallest absolute Gasteiger partial charge is 0.376 e. The highest BCUT2D eigenvalue weighted by molar-refractivity contribution is 7.13. The Morgan fingerprint density at radius 1 is 1.21 bits per heavy atom. The van der Waals surface area contributed by atoms with Gasteiger partial charge < -0.3 is 20.3 Å². The third kappa shape index (κ3) is 7.53. The van der Waals surface area contributed by atoms with E-state index in [4.69, 9.17) is 4.74 Å². The van der Waals surface area contributed by atoms with Crippen molar-refractivity contribution in [2.24, 2.45) is 0 Å². The van der Waals surface area contributed by atoms with Gasteiger partial charge in [-0.25, -0.2) is 4.98 Å². The van der Waals surface area contributed by atoms with Crippen LogP contribution < -0.4 is 15.5 Å². The number of nitrogens with zero attached hydrogens (tertiary/aromatic N) is 2. The first-order valence-electron chi connectivity index (χ1n) is 10.3. The molecule has 0 bridgehead atoms. The number of alkyl halides is 3. The monoisotopic (exact) mass is 484 g/mol. The molecule has 0 spiro atoms. The summed E-state index contributed by atoms with van der Waals surface area (Å²) in [4.78, 5) is 42.2. The number of amides is 3. The molecular weight excluding hydrogens is 461 g/mol. The van der Waals surface area contributed by atoms with Crippen LogP contribution in [-0.2, 0) is 25.3 Å². The molecule has 1 atom stereocenters. The van der Waals surface area contributed by atoms with Crippen molar-refractivity contribution in [2.75, 3.05) is 29.9 Å². The Labute approximate surface area is 192 Å². The van der Waals surface area contributed by atoms with Gasteiger partial charge in [-0.15, -0.1) is 11.3 Å². The molecule has 1 aromatic carbocycles. The molecule has 2 N–H and O–H groups in total. The van der Waals surface area contributed by atoms with Crippen molar-refractivity contribution in [1.82, 2.24) is 10.3 Å². The van der Waals surface area contributed by atoms with Gasteiger partial charge >= 0.3 is 6.18 Å². The lowest BCUT2D eigenvalue weighted by Gasteiger charge is -2.24. The van der Waals surface area contributed by atoms with Gasteiger partial charge in [0.2, 0.25) is 17.7 Å². The molecule has 0 aliphatic carbocycles. The van der Waals surface area contributed by atoms with Crippen LogP contribution in [0.25, 0.3) is 0 Å². The molecule has 1 aromatic heterocycles. The fraction of sp³-hybridized carbons (Fsp3) is 0.429. The van der Waals surface area contributed by atoms with Crippen LogP contribution >= 0.6 is 11.3 Å². The number of carbonyl (C=O) groups excluding carboxylic acids is 3. The number of anilines is 2. The summed E-state index contributed by atoms with van der Waals surface area (Å²) in [6.07, 6.45) is -2.06. The second-order valence-electron chi connectivity index (χ2n) is 7.35. The van der Waals surface area contributed by atoms with E-state index in [9.17, 15) is 27.6 Å². The number of benzene rings is 1. The number of thiazole rings is 1. The standard InChI is InChI=1S/C21H23F3N4O4S/c22-21(23,24)14-3-1-4-15(11-14)28(13-18(30)26-12-16-5-2-9-32-16)19(31)7-6-17(29)27-20-25-8-10-33-20/h1,3-4,8,10-11,16H,2,5-7,9,12-13H2,(H,26,30)(H,25,27,29)/t16-/m0/s1. The molecule has 33 heavy (non-hydrogen) atoms. The molecule has 2 heterocycles. The third-order valence-corrected chi connectivity index (χ3v) is 5.57. The van der Waals surface area contributed by atoms with E-state index in [2.05, 4.69) is 15.6 Å². The zero-order valence-electron chi connectivity index (χ0n) is 17.6. The van der Waals surface area contributed by atoms with Crippen molar-refractivity contribution in [3.05, 3.63) is 41.4 Å². The second kappa shape index (κ2) is 11.2. The number of nitrogens with one attached hydrogen (secondary N) is 2. The third-order valence-electron chi connectivity index (χ3n) is 4.88. The van der Waals surface area contributed by atoms with Gasteiger partial charge in [0, 0.05) is 43.3 Å². The predicted molar refractivity (Wildman–Crippen MR) is 116 cm³/mol. The number of hydrogen-bond acceptors (Lipinski definition) is 6. The van der Waals surface area contributed by atoms with E-state index in [1.54, 1.807) is 5.38 Å². The summed E-state index contributed by atoms with van der Waals surface area (Å²) in [6, 6.07) is 4.17. The molecule has 1 aliphatic rings. The number of halogens is 3. The first-order valence-corrected chi connectivity index (χ1v) is 11.2. The van der Waals surface area contributed by atoms with Crippen LogP contribution in [0.4, 0.5) is 24.0 Å². The van der Waals surface area contributed by atoms with Gasteiger partial charge in [0.1, 0.15) is 6.54 Å². The van der Waals surface area contributed by atoms with Crippen molar-refractivity contribution in [1.29, 1.82) is 0 Å². The van der Waals surface area contributed by atoms with Crippen LogP contribution in [0.1, 0.15) is 31.2 Å². The summed E-state index contributed by atoms with van der Waals surface area (Å²) < 4.78 is 44.9. The summed E-state index contributed by atoms with van der Waals surface area (Å²) >= 11 is 1.21. The van der Waals surface area contributed by atoms with E-state index in [-0.39, 0.29) is 31.2 Å². The van der Waals surface area contributed by atoms with Crippen LogP contribution in [0.15, 0.2) is 35.8 Å². The Balaban J connectivity index is 1.67. The maximum absolute atomic E-state index is 13.2. The predicted octanol–water partition coefficient (Wildman–Crippen LogP) is 3.21. The van der Waals surface area contributed by atoms with Crippen molar-refractivity contribution < 1.29 is 32.3 Å². The van der Waals surface area contributed by atoms with Gasteiger partial charge in [0.25, 0.3) is 0 Å². The molecule has 8 nitrogen and oxygen atoms in total. The van der Waals surface area contributed by atoms with Crippen molar-refractivity contribution in [3.63, 3.8) is 0 Å². The van der Waals surface area contributed by atoms with Crippen LogP contribution in [-0.4, -0.2) is 48.5 Å². The Hall–Kier alpha value is -2.99. The van der Waals surface area contributed by atoms with Gasteiger partial charge in [-0.2, -0.15) is 13.2 Å². The second-order valence-corrected chi connectivity index (χ2v) is 8.25. The number of hydrogen-bond donors (Lipinski definition) is 2. The minimum absolute atomic E-state index is 0.0811. The molecule has 178 valence electrons. The van der Waals surface area contributed by atoms with Gasteiger partial charge in [0.15, 0.2) is 5.13 Å². The number of ether oxygens (including phenoxy) is 1. The van der Waals surface area contributed by atoms with Crippen molar-refractivity contribution >= 4 is 39.9 Å². The fourth-order valence-electron chi connectivity index (χ4n) is 3.23. The van der Waals surface area contributed by atoms with E-state index < -0.39 is 36.0 Å². The van der Waals surface area contributed by atoms with Crippen molar-refractivity contribution in [3.8, 4) is 0 Å². The molecule has 3 amide bonds. The Kier molecular flexibility index (Phi) is 8.39. The quantitative estimate of drug-likeness (QED) is 0.569. The lowest BCUT2D eigenvalue weighted by atomic mass is 10.1. The van der Waals surface area contributed by atoms with Crippen molar-refractivity contribution in [2.45, 2.75) is 38.0 Å². The molecule has 1 fully saturated rings. The average molecular weight is 485 g/mol. The molecular formula is C21H23F3N4O4S. The average Bonchev–Trinajstić information content (AvgIpc) is 3.48. The molecule has 12 heteroatoms. The SMILES string of the molecule is O=C(CN(C(=O)CCC(=O)Nc1nccs1)c1cccc(C(F)(F)F)c1)NC[C@@H]1CCCO1. The number of rotatable bonds is 9. The van der Waals surface area contributed by atoms with Crippen LogP contribution in [0.3, 0.4) is 0 Å². The molecule has 1 aliphatic heterocycles. The molecule has 0 unspecified atom stereocenters. The molecule has 0 radical (unpaired) electrons. The summed E-state index contributed by atoms with van der Waals surface area (Å²) in [5.74, 6) is -1.66. The van der Waals surface area contributed by atoms with Crippen LogP contribution in [0.5, 0.6) is 0 Å². The molecule has 3 rings (SSSR count). The van der Waals surface area contributed by atoms with Gasteiger partial charge in [-0.3, -0.25) is 14.4 Å². The lowest BCUT2D eigenvalue weighted by Crippen LogP contribution is -2.43. The highest BCUT2D eigenvalue weighted by Crippen LogP contribution is 2.32. The Bertz CT molecular complexity index is 963. The maximum atomic E-state index is 13.2. The minimum Gasteiger partial charge on any atom is -0.376 e. The van der Waals surface area contributed by atoms with Crippen LogP contribution in [0.2, 0.25) is 0 Å². The van der Waals surface area contributed by atoms with E-state index in [1.807, 2.05) is 0 Å². The Morgan fingerprint density at radius 3 is 2.70 bits per heavy atom. The fourth-order valence-corrected chi connectivity index (χ4v) is 3.77. The van der Waals surface area contributed by atoms with Gasteiger partial charge in [0.05, 0.1) is 11.7 Å². The number of aromatic nitrogens is 1.